The van der Waals surface area contributed by atoms with Crippen LogP contribution < -0.4 is 0 Å². The number of hydrogen-bond donors (Lipinski definition) is 2. The zero-order valence-electron chi connectivity index (χ0n) is 8.06. The molecule has 0 atom stereocenters. The molecule has 1 heterocycles. The first-order valence-electron chi connectivity index (χ1n) is 4.39. The number of rotatable bonds is 2. The number of carbonyl (C=O) groups is 1. The Balaban J connectivity index is 2.54. The number of ketones is 1. The van der Waals surface area contributed by atoms with E-state index in [1.165, 1.54) is 13.0 Å². The van der Waals surface area contributed by atoms with Gasteiger partial charge in [0.25, 0.3) is 0 Å². The molecule has 0 saturated heterocycles. The highest BCUT2D eigenvalue weighted by Gasteiger charge is 2.13. The summed E-state index contributed by atoms with van der Waals surface area (Å²) in [7, 11) is 0. The molecule has 0 amide bonds. The van der Waals surface area contributed by atoms with E-state index in [1.807, 2.05) is 0 Å². The summed E-state index contributed by atoms with van der Waals surface area (Å²) in [6, 6.07) is 6.52. The lowest BCUT2D eigenvalue weighted by molar-refractivity contribution is 0.101. The molecule has 2 N–H and O–H groups in total. The number of phenols is 1. The van der Waals surface area contributed by atoms with Crippen molar-refractivity contribution in [1.29, 1.82) is 0 Å². The molecule has 0 bridgehead atoms. The summed E-state index contributed by atoms with van der Waals surface area (Å²) in [5.74, 6) is -0.0351. The second kappa shape index (κ2) is 3.53. The first-order valence-corrected chi connectivity index (χ1v) is 4.39. The molecule has 2 rings (SSSR count). The van der Waals surface area contributed by atoms with Crippen LogP contribution in [0.5, 0.6) is 5.75 Å². The van der Waals surface area contributed by atoms with Crippen molar-refractivity contribution in [3.05, 3.63) is 30.0 Å². The van der Waals surface area contributed by atoms with E-state index in [0.717, 1.165) is 0 Å². The van der Waals surface area contributed by atoms with Gasteiger partial charge in [-0.1, -0.05) is 12.1 Å². The average molecular weight is 203 g/mol. The van der Waals surface area contributed by atoms with Crippen LogP contribution in [0.4, 0.5) is 0 Å². The molecule has 2 aromatic rings. The first-order chi connectivity index (χ1) is 7.18. The third-order valence-electron chi connectivity index (χ3n) is 2.00. The lowest BCUT2D eigenvalue weighted by atomic mass is 10.1. The Morgan fingerprint density at radius 3 is 2.87 bits per heavy atom. The first kappa shape index (κ1) is 9.39. The summed E-state index contributed by atoms with van der Waals surface area (Å²) in [6.45, 7) is 1.42. The maximum atomic E-state index is 11.2. The zero-order chi connectivity index (χ0) is 10.8. The van der Waals surface area contributed by atoms with E-state index in [1.54, 1.807) is 18.2 Å². The fourth-order valence-corrected chi connectivity index (χ4v) is 1.33. The van der Waals surface area contributed by atoms with Crippen molar-refractivity contribution in [2.24, 2.45) is 0 Å². The molecule has 1 aromatic carbocycles. The normalized spacial score (nSPS) is 10.2. The number of benzene rings is 1. The van der Waals surface area contributed by atoms with Crippen molar-refractivity contribution in [2.75, 3.05) is 0 Å². The Morgan fingerprint density at radius 2 is 2.20 bits per heavy atom. The largest absolute Gasteiger partial charge is 0.508 e. The van der Waals surface area contributed by atoms with Gasteiger partial charge in [-0.05, 0) is 12.1 Å². The topological polar surface area (TPSA) is 78.9 Å². The molecule has 0 fully saturated rings. The predicted octanol–water partition coefficient (Wildman–Crippen LogP) is 1.38. The highest BCUT2D eigenvalue weighted by molar-refractivity contribution is 5.97. The third kappa shape index (κ3) is 1.71. The van der Waals surface area contributed by atoms with Gasteiger partial charge in [0.2, 0.25) is 0 Å². The Morgan fingerprint density at radius 1 is 1.40 bits per heavy atom. The zero-order valence-corrected chi connectivity index (χ0v) is 8.06. The smallest absolute Gasteiger partial charge is 0.182 e. The summed E-state index contributed by atoms with van der Waals surface area (Å²) < 4.78 is 0. The molecule has 5 nitrogen and oxygen atoms in total. The molecular formula is C10H9N3O2. The van der Waals surface area contributed by atoms with Gasteiger partial charge in [0.05, 0.1) is 0 Å². The van der Waals surface area contributed by atoms with Crippen LogP contribution in [0.2, 0.25) is 0 Å². The van der Waals surface area contributed by atoms with Crippen LogP contribution in [0.15, 0.2) is 24.3 Å². The summed E-state index contributed by atoms with van der Waals surface area (Å²) in [4.78, 5) is 11.2. The average Bonchev–Trinajstić information content (AvgIpc) is 2.65. The van der Waals surface area contributed by atoms with Crippen molar-refractivity contribution >= 4 is 5.78 Å². The van der Waals surface area contributed by atoms with Crippen LogP contribution in [-0.4, -0.2) is 26.3 Å². The molecule has 0 spiro atoms. The van der Waals surface area contributed by atoms with Gasteiger partial charge in [-0.2, -0.15) is 15.4 Å². The number of aromatic nitrogens is 3. The molecule has 0 aliphatic rings. The standard InChI is InChI=1S/C10H9N3O2/c1-6(14)9-10(12-13-11-9)7-3-2-4-8(15)5-7/h2-5,15H,1H3,(H,11,12,13). The summed E-state index contributed by atoms with van der Waals surface area (Å²) in [5, 5.41) is 19.3. The van der Waals surface area contributed by atoms with E-state index in [9.17, 15) is 9.90 Å². The lowest BCUT2D eigenvalue weighted by Gasteiger charge is -1.98. The Bertz CT molecular complexity index is 505. The molecule has 0 radical (unpaired) electrons. The number of aromatic amines is 1. The lowest BCUT2D eigenvalue weighted by Crippen LogP contribution is -1.95. The van der Waals surface area contributed by atoms with Crippen molar-refractivity contribution < 1.29 is 9.90 Å². The van der Waals surface area contributed by atoms with E-state index in [0.29, 0.717) is 11.3 Å². The van der Waals surface area contributed by atoms with Crippen LogP contribution in [-0.2, 0) is 0 Å². The summed E-state index contributed by atoms with van der Waals surface area (Å²) in [6.07, 6.45) is 0. The van der Waals surface area contributed by atoms with E-state index >= 15 is 0 Å². The van der Waals surface area contributed by atoms with E-state index < -0.39 is 0 Å². The van der Waals surface area contributed by atoms with Crippen molar-refractivity contribution in [3.63, 3.8) is 0 Å². The minimum Gasteiger partial charge on any atom is -0.508 e. The van der Waals surface area contributed by atoms with Gasteiger partial charge < -0.3 is 5.11 Å². The summed E-state index contributed by atoms with van der Waals surface area (Å²) >= 11 is 0. The molecule has 5 heteroatoms. The van der Waals surface area contributed by atoms with Crippen molar-refractivity contribution in [3.8, 4) is 17.0 Å². The van der Waals surface area contributed by atoms with Crippen LogP contribution in [0, 0.1) is 0 Å². The Labute approximate surface area is 85.8 Å². The van der Waals surface area contributed by atoms with Gasteiger partial charge >= 0.3 is 0 Å². The number of H-pyrrole nitrogens is 1. The van der Waals surface area contributed by atoms with Gasteiger partial charge in [-0.15, -0.1) is 0 Å². The number of Topliss-reactive ketones (excluding diaryl/α,β-unsaturated/α-hetero) is 1. The van der Waals surface area contributed by atoms with Crippen molar-refractivity contribution in [1.82, 2.24) is 15.4 Å². The molecule has 0 unspecified atom stereocenters. The van der Waals surface area contributed by atoms with Gasteiger partial charge in [-0.3, -0.25) is 4.79 Å². The number of carbonyl (C=O) groups excluding carboxylic acids is 1. The van der Waals surface area contributed by atoms with Gasteiger partial charge in [-0.25, -0.2) is 0 Å². The number of aromatic hydroxyl groups is 1. The third-order valence-corrected chi connectivity index (χ3v) is 2.00. The van der Waals surface area contributed by atoms with E-state index in [-0.39, 0.29) is 17.2 Å². The predicted molar refractivity (Wildman–Crippen MR) is 53.5 cm³/mol. The van der Waals surface area contributed by atoms with Crippen LogP contribution in [0.1, 0.15) is 17.4 Å². The Hall–Kier alpha value is -2.17. The van der Waals surface area contributed by atoms with Crippen LogP contribution in [0.25, 0.3) is 11.3 Å². The SMILES string of the molecule is CC(=O)c1n[nH]nc1-c1cccc(O)c1. The van der Waals surface area contributed by atoms with Gasteiger partial charge in [0, 0.05) is 12.5 Å². The van der Waals surface area contributed by atoms with Crippen molar-refractivity contribution in [2.45, 2.75) is 6.92 Å². The highest BCUT2D eigenvalue weighted by atomic mass is 16.3. The second-order valence-electron chi connectivity index (χ2n) is 3.13. The van der Waals surface area contributed by atoms with Crippen LogP contribution in [0.3, 0.4) is 0 Å². The molecule has 76 valence electrons. The number of phenolic OH excluding ortho intramolecular Hbond substituents is 1. The van der Waals surface area contributed by atoms with Gasteiger partial charge in [0.15, 0.2) is 11.5 Å². The highest BCUT2D eigenvalue weighted by Crippen LogP contribution is 2.23. The van der Waals surface area contributed by atoms with E-state index in [4.69, 9.17) is 0 Å². The monoisotopic (exact) mass is 203 g/mol. The molecule has 0 aliphatic carbocycles. The molecule has 0 saturated carbocycles. The fraction of sp³-hybridized carbons (Fsp3) is 0.100. The second-order valence-corrected chi connectivity index (χ2v) is 3.13. The van der Waals surface area contributed by atoms with E-state index in [2.05, 4.69) is 15.4 Å². The molecular weight excluding hydrogens is 194 g/mol. The molecule has 15 heavy (non-hydrogen) atoms. The minimum absolute atomic E-state index is 0.130. The van der Waals surface area contributed by atoms with Crippen LogP contribution >= 0.6 is 0 Å². The number of nitrogens with zero attached hydrogens (tertiary/aromatic N) is 2. The number of hydrogen-bond acceptors (Lipinski definition) is 4. The van der Waals surface area contributed by atoms with Gasteiger partial charge in [0.1, 0.15) is 11.4 Å². The summed E-state index contributed by atoms with van der Waals surface area (Å²) in [5.41, 5.74) is 1.40. The molecule has 1 aromatic heterocycles. The fourth-order valence-electron chi connectivity index (χ4n) is 1.33. The Kier molecular flexibility index (Phi) is 2.21. The number of nitrogens with one attached hydrogen (secondary N) is 1. The quantitative estimate of drug-likeness (QED) is 0.722. The molecule has 0 aliphatic heterocycles. The minimum atomic E-state index is -0.165. The maximum Gasteiger partial charge on any atom is 0.182 e. The maximum absolute atomic E-state index is 11.2.